The van der Waals surface area contributed by atoms with Gasteiger partial charge in [-0.05, 0) is 74.8 Å². The highest BCUT2D eigenvalue weighted by Gasteiger charge is 2.41. The zero-order valence-electron chi connectivity index (χ0n) is 21.5. The minimum Gasteiger partial charge on any atom is -0.309 e. The average Bonchev–Trinajstić information content (AvgIpc) is 3.32. The molecule has 0 N–H and O–H groups in total. The van der Waals surface area contributed by atoms with E-state index in [1.165, 1.54) is 77.2 Å². The molecule has 6 aromatic rings. The summed E-state index contributed by atoms with van der Waals surface area (Å²) >= 11 is 0. The van der Waals surface area contributed by atoms with E-state index in [0.717, 1.165) is 0 Å². The number of benzene rings is 5. The Kier molecular flexibility index (Phi) is 3.55. The first-order chi connectivity index (χ1) is 17.3. The summed E-state index contributed by atoms with van der Waals surface area (Å²) in [6.07, 6.45) is 0. The molecule has 2 aliphatic rings. The SMILES string of the molecule is Cc1cc2c(c3ccccc13)-c1cc3c(cc1C2(C)C)-n1c2ccccc2c2cccc(c21)C3(C)C. The van der Waals surface area contributed by atoms with Crippen molar-refractivity contribution in [2.75, 3.05) is 0 Å². The molecular weight excluding hydrogens is 434 g/mol. The third-order valence-electron chi connectivity index (χ3n) is 9.29. The molecular formula is C35H29N. The van der Waals surface area contributed by atoms with Gasteiger partial charge in [-0.2, -0.15) is 0 Å². The number of nitrogens with zero attached hydrogens (tertiary/aromatic N) is 1. The van der Waals surface area contributed by atoms with Crippen molar-refractivity contribution in [2.24, 2.45) is 0 Å². The zero-order valence-corrected chi connectivity index (χ0v) is 21.5. The number of aromatic nitrogens is 1. The van der Waals surface area contributed by atoms with Crippen LogP contribution in [0.2, 0.25) is 0 Å². The van der Waals surface area contributed by atoms with Crippen molar-refractivity contribution < 1.29 is 0 Å². The quantitative estimate of drug-likeness (QED) is 0.212. The number of fused-ring (bicyclic) bond motifs is 10. The Bertz CT molecular complexity index is 1940. The summed E-state index contributed by atoms with van der Waals surface area (Å²) in [7, 11) is 0. The lowest BCUT2D eigenvalue weighted by Gasteiger charge is -2.36. The van der Waals surface area contributed by atoms with Gasteiger partial charge < -0.3 is 4.57 Å². The van der Waals surface area contributed by atoms with Crippen molar-refractivity contribution >= 4 is 32.6 Å². The number of rotatable bonds is 0. The minimum absolute atomic E-state index is 0.0579. The van der Waals surface area contributed by atoms with Crippen molar-refractivity contribution in [2.45, 2.75) is 45.4 Å². The topological polar surface area (TPSA) is 4.93 Å². The zero-order chi connectivity index (χ0) is 24.6. The van der Waals surface area contributed by atoms with Crippen molar-refractivity contribution in [1.29, 1.82) is 0 Å². The lowest BCUT2D eigenvalue weighted by Crippen LogP contribution is -2.27. The van der Waals surface area contributed by atoms with Crippen molar-refractivity contribution in [3.63, 3.8) is 0 Å². The van der Waals surface area contributed by atoms with Crippen LogP contribution in [0.3, 0.4) is 0 Å². The summed E-state index contributed by atoms with van der Waals surface area (Å²) in [5, 5.41) is 5.43. The van der Waals surface area contributed by atoms with E-state index in [9.17, 15) is 0 Å². The summed E-state index contributed by atoms with van der Waals surface area (Å²) in [5.41, 5.74) is 13.8. The largest absolute Gasteiger partial charge is 0.309 e. The van der Waals surface area contributed by atoms with E-state index in [4.69, 9.17) is 0 Å². The van der Waals surface area contributed by atoms with Gasteiger partial charge in [0.15, 0.2) is 0 Å². The average molecular weight is 464 g/mol. The van der Waals surface area contributed by atoms with Crippen LogP contribution in [-0.4, -0.2) is 4.57 Å². The van der Waals surface area contributed by atoms with Gasteiger partial charge in [0.25, 0.3) is 0 Å². The fourth-order valence-corrected chi connectivity index (χ4v) is 7.40. The van der Waals surface area contributed by atoms with Crippen LogP contribution in [0.4, 0.5) is 0 Å². The number of hydrogen-bond acceptors (Lipinski definition) is 0. The number of aryl methyl sites for hydroxylation is 1. The molecule has 8 rings (SSSR count). The molecule has 0 saturated heterocycles. The molecule has 36 heavy (non-hydrogen) atoms. The van der Waals surface area contributed by atoms with Gasteiger partial charge in [0, 0.05) is 21.6 Å². The molecule has 0 atom stereocenters. The Morgan fingerprint density at radius 2 is 1.22 bits per heavy atom. The molecule has 1 aromatic heterocycles. The highest BCUT2D eigenvalue weighted by molar-refractivity contribution is 6.12. The van der Waals surface area contributed by atoms with Crippen LogP contribution in [0.1, 0.15) is 55.5 Å². The summed E-state index contributed by atoms with van der Waals surface area (Å²) in [4.78, 5) is 0. The third-order valence-corrected chi connectivity index (χ3v) is 9.29. The first kappa shape index (κ1) is 20.4. The number of para-hydroxylation sites is 2. The molecule has 0 bridgehead atoms. The molecule has 2 heterocycles. The molecule has 0 amide bonds. The van der Waals surface area contributed by atoms with Gasteiger partial charge in [0.05, 0.1) is 16.7 Å². The van der Waals surface area contributed by atoms with Gasteiger partial charge in [-0.15, -0.1) is 0 Å². The second kappa shape index (κ2) is 6.28. The van der Waals surface area contributed by atoms with E-state index in [0.29, 0.717) is 0 Å². The highest BCUT2D eigenvalue weighted by Crippen LogP contribution is 2.56. The first-order valence-electron chi connectivity index (χ1n) is 13.1. The monoisotopic (exact) mass is 463 g/mol. The fraction of sp³-hybridized carbons (Fsp3) is 0.200. The van der Waals surface area contributed by atoms with Crippen molar-refractivity contribution in [1.82, 2.24) is 4.57 Å². The summed E-state index contributed by atoms with van der Waals surface area (Å²) < 4.78 is 2.54. The molecule has 5 aromatic carbocycles. The second-order valence-corrected chi connectivity index (χ2v) is 11.9. The molecule has 0 fully saturated rings. The van der Waals surface area contributed by atoms with Gasteiger partial charge in [-0.25, -0.2) is 0 Å². The maximum atomic E-state index is 2.54. The predicted molar refractivity (Wildman–Crippen MR) is 153 cm³/mol. The lowest BCUT2D eigenvalue weighted by molar-refractivity contribution is 0.625. The molecule has 0 unspecified atom stereocenters. The van der Waals surface area contributed by atoms with Gasteiger partial charge in [-0.1, -0.05) is 94.4 Å². The summed E-state index contributed by atoms with van der Waals surface area (Å²) in [6.45, 7) is 11.9. The van der Waals surface area contributed by atoms with Crippen LogP contribution in [0, 0.1) is 6.92 Å². The fourth-order valence-electron chi connectivity index (χ4n) is 7.40. The summed E-state index contributed by atoms with van der Waals surface area (Å²) in [5.74, 6) is 0. The van der Waals surface area contributed by atoms with Crippen LogP contribution in [0.25, 0.3) is 49.4 Å². The minimum atomic E-state index is -0.0956. The smallest absolute Gasteiger partial charge is 0.0582 e. The predicted octanol–water partition coefficient (Wildman–Crippen LogP) is 9.19. The number of hydrogen-bond donors (Lipinski definition) is 0. The molecule has 1 nitrogen and oxygen atoms in total. The molecule has 174 valence electrons. The maximum absolute atomic E-state index is 2.54. The molecule has 0 radical (unpaired) electrons. The molecule has 0 saturated carbocycles. The van der Waals surface area contributed by atoms with Crippen LogP contribution in [0.15, 0.2) is 84.9 Å². The highest BCUT2D eigenvalue weighted by atomic mass is 15.0. The Labute approximate surface area is 212 Å². The Hall–Kier alpha value is -3.84. The lowest BCUT2D eigenvalue weighted by atomic mass is 9.73. The third kappa shape index (κ3) is 2.19. The second-order valence-electron chi connectivity index (χ2n) is 11.9. The van der Waals surface area contributed by atoms with Crippen LogP contribution in [-0.2, 0) is 10.8 Å². The molecule has 0 spiro atoms. The van der Waals surface area contributed by atoms with Gasteiger partial charge in [-0.3, -0.25) is 0 Å². The van der Waals surface area contributed by atoms with E-state index in [2.05, 4.69) is 124 Å². The van der Waals surface area contributed by atoms with Crippen LogP contribution >= 0.6 is 0 Å². The van der Waals surface area contributed by atoms with Crippen LogP contribution < -0.4 is 0 Å². The van der Waals surface area contributed by atoms with E-state index >= 15 is 0 Å². The molecule has 1 aliphatic carbocycles. The standard InChI is InChI=1S/C35H29N/c1-20-17-29-32(23-13-7-6-11-21(20)23)25-18-28-31(19-27(25)35(29,4)5)36-30-16-9-8-12-22(30)24-14-10-15-26(33(24)36)34(28,2)3/h6-19H,1-5H3. The van der Waals surface area contributed by atoms with Crippen molar-refractivity contribution in [3.8, 4) is 16.8 Å². The van der Waals surface area contributed by atoms with E-state index in [1.54, 1.807) is 0 Å². The van der Waals surface area contributed by atoms with Gasteiger partial charge >= 0.3 is 0 Å². The van der Waals surface area contributed by atoms with Crippen LogP contribution in [0.5, 0.6) is 0 Å². The van der Waals surface area contributed by atoms with E-state index in [-0.39, 0.29) is 10.8 Å². The Morgan fingerprint density at radius 1 is 0.556 bits per heavy atom. The Morgan fingerprint density at radius 3 is 2.03 bits per heavy atom. The van der Waals surface area contributed by atoms with Gasteiger partial charge in [0.2, 0.25) is 0 Å². The maximum Gasteiger partial charge on any atom is 0.0582 e. The van der Waals surface area contributed by atoms with Crippen molar-refractivity contribution in [3.05, 3.63) is 113 Å². The van der Waals surface area contributed by atoms with E-state index in [1.807, 2.05) is 0 Å². The summed E-state index contributed by atoms with van der Waals surface area (Å²) in [6, 6.07) is 32.2. The Balaban J connectivity index is 1.56. The van der Waals surface area contributed by atoms with E-state index < -0.39 is 0 Å². The normalized spacial score (nSPS) is 16.4. The molecule has 1 heteroatoms. The molecule has 1 aliphatic heterocycles. The first-order valence-corrected chi connectivity index (χ1v) is 13.1. The van der Waals surface area contributed by atoms with Gasteiger partial charge in [0.1, 0.15) is 0 Å².